The summed E-state index contributed by atoms with van der Waals surface area (Å²) in [4.78, 5) is 16.0. The third-order valence-electron chi connectivity index (χ3n) is 3.07. The SMILES string of the molecule is O=C1NC(O)SC1Cc1cnc2cc(OI)ccc2c1. The lowest BCUT2D eigenvalue weighted by Gasteiger charge is -2.07. The van der Waals surface area contributed by atoms with Crippen LogP contribution in [0.5, 0.6) is 5.75 Å². The molecular formula is C13H11IN2O3S. The van der Waals surface area contributed by atoms with E-state index in [1.165, 1.54) is 11.8 Å². The summed E-state index contributed by atoms with van der Waals surface area (Å²) in [6, 6.07) is 7.70. The summed E-state index contributed by atoms with van der Waals surface area (Å²) in [6.45, 7) is 0. The fourth-order valence-corrected chi connectivity index (χ4v) is 3.38. The Kier molecular flexibility index (Phi) is 3.99. The zero-order chi connectivity index (χ0) is 14.1. The van der Waals surface area contributed by atoms with Crippen molar-refractivity contribution in [3.63, 3.8) is 0 Å². The number of hydrogen-bond donors (Lipinski definition) is 2. The summed E-state index contributed by atoms with van der Waals surface area (Å²) >= 11 is 3.06. The first kappa shape index (κ1) is 13.9. The van der Waals surface area contributed by atoms with Gasteiger partial charge in [0.05, 0.1) is 10.8 Å². The monoisotopic (exact) mass is 402 g/mol. The highest BCUT2D eigenvalue weighted by molar-refractivity contribution is 14.1. The largest absolute Gasteiger partial charge is 0.428 e. The normalized spacial score (nSPS) is 22.0. The van der Waals surface area contributed by atoms with Crippen LogP contribution in [-0.4, -0.2) is 26.8 Å². The van der Waals surface area contributed by atoms with Gasteiger partial charge in [-0.05, 0) is 30.2 Å². The summed E-state index contributed by atoms with van der Waals surface area (Å²) < 4.78 is 5.13. The summed E-state index contributed by atoms with van der Waals surface area (Å²) in [5, 5.41) is 12.6. The molecule has 20 heavy (non-hydrogen) atoms. The summed E-state index contributed by atoms with van der Waals surface area (Å²) in [5.74, 6) is 0.628. The second kappa shape index (κ2) is 5.74. The highest BCUT2D eigenvalue weighted by Gasteiger charge is 2.31. The van der Waals surface area contributed by atoms with Crippen LogP contribution < -0.4 is 8.38 Å². The van der Waals surface area contributed by atoms with E-state index in [1.807, 2.05) is 47.3 Å². The van der Waals surface area contributed by atoms with Crippen LogP contribution in [-0.2, 0) is 11.2 Å². The predicted molar refractivity (Wildman–Crippen MR) is 85.6 cm³/mol. The number of thioether (sulfide) groups is 1. The minimum absolute atomic E-state index is 0.128. The molecule has 2 heterocycles. The highest BCUT2D eigenvalue weighted by Crippen LogP contribution is 2.26. The second-order valence-corrected chi connectivity index (χ2v) is 6.19. The van der Waals surface area contributed by atoms with Crippen molar-refractivity contribution in [1.82, 2.24) is 10.3 Å². The topological polar surface area (TPSA) is 71.5 Å². The van der Waals surface area contributed by atoms with E-state index in [2.05, 4.69) is 10.3 Å². The van der Waals surface area contributed by atoms with Crippen LogP contribution in [0.25, 0.3) is 10.9 Å². The smallest absolute Gasteiger partial charge is 0.236 e. The average molecular weight is 402 g/mol. The molecule has 1 aromatic heterocycles. The molecule has 1 aliphatic heterocycles. The van der Waals surface area contributed by atoms with Gasteiger partial charge in [-0.15, -0.1) is 0 Å². The maximum atomic E-state index is 11.6. The number of pyridine rings is 1. The lowest BCUT2D eigenvalue weighted by atomic mass is 10.1. The average Bonchev–Trinajstić information content (AvgIpc) is 2.76. The number of amides is 1. The highest BCUT2D eigenvalue weighted by atomic mass is 127. The fourth-order valence-electron chi connectivity index (χ4n) is 2.13. The standard InChI is InChI=1S/C13H11IN2O3S/c14-19-9-2-1-8-3-7(6-15-10(8)5-9)4-11-12(17)16-13(18)20-11/h1-3,5-6,11,13,18H,4H2,(H,16,17). The van der Waals surface area contributed by atoms with Crippen molar-refractivity contribution >= 4 is 51.6 Å². The van der Waals surface area contributed by atoms with E-state index in [9.17, 15) is 9.90 Å². The van der Waals surface area contributed by atoms with E-state index in [1.54, 1.807) is 6.20 Å². The molecule has 0 spiro atoms. The molecule has 2 aromatic rings. The molecule has 1 aliphatic rings. The predicted octanol–water partition coefficient (Wildman–Crippen LogP) is 2.01. The minimum Gasteiger partial charge on any atom is -0.428 e. The number of nitrogens with one attached hydrogen (secondary N) is 1. The summed E-state index contributed by atoms with van der Waals surface area (Å²) in [6.07, 6.45) is 2.32. The van der Waals surface area contributed by atoms with Crippen LogP contribution in [0.3, 0.4) is 0 Å². The molecule has 2 unspecified atom stereocenters. The number of benzene rings is 1. The molecule has 2 atom stereocenters. The lowest BCUT2D eigenvalue weighted by Crippen LogP contribution is -2.27. The van der Waals surface area contributed by atoms with Crippen LogP contribution >= 0.6 is 34.8 Å². The number of rotatable bonds is 3. The van der Waals surface area contributed by atoms with E-state index in [0.29, 0.717) is 6.42 Å². The van der Waals surface area contributed by atoms with Gasteiger partial charge in [0.1, 0.15) is 5.75 Å². The molecule has 104 valence electrons. The molecule has 0 aliphatic carbocycles. The minimum atomic E-state index is -0.802. The zero-order valence-corrected chi connectivity index (χ0v) is 13.2. The van der Waals surface area contributed by atoms with Crippen molar-refractivity contribution in [2.75, 3.05) is 0 Å². The second-order valence-electron chi connectivity index (χ2n) is 4.47. The van der Waals surface area contributed by atoms with Gasteiger partial charge in [0.2, 0.25) is 5.91 Å². The van der Waals surface area contributed by atoms with E-state index in [0.717, 1.165) is 22.2 Å². The number of aliphatic hydroxyl groups is 1. The van der Waals surface area contributed by atoms with Gasteiger partial charge < -0.3 is 13.5 Å². The van der Waals surface area contributed by atoms with Crippen molar-refractivity contribution in [3.05, 3.63) is 36.0 Å². The van der Waals surface area contributed by atoms with Gasteiger partial charge in [0.15, 0.2) is 28.6 Å². The molecule has 0 saturated carbocycles. The number of nitrogens with zero attached hydrogens (tertiary/aromatic N) is 1. The number of halogens is 1. The van der Waals surface area contributed by atoms with Crippen molar-refractivity contribution in [3.8, 4) is 5.75 Å². The Hall–Kier alpha value is -1.06. The van der Waals surface area contributed by atoms with Crippen LogP contribution in [0, 0.1) is 0 Å². The first-order valence-electron chi connectivity index (χ1n) is 5.97. The van der Waals surface area contributed by atoms with Gasteiger partial charge in [-0.25, -0.2) is 0 Å². The number of fused-ring (bicyclic) bond motifs is 1. The van der Waals surface area contributed by atoms with E-state index in [-0.39, 0.29) is 11.2 Å². The third-order valence-corrected chi connectivity index (χ3v) is 4.67. The molecule has 7 heteroatoms. The Morgan fingerprint density at radius 3 is 3.00 bits per heavy atom. The molecule has 2 N–H and O–H groups in total. The van der Waals surface area contributed by atoms with Gasteiger partial charge >= 0.3 is 0 Å². The molecule has 1 saturated heterocycles. The van der Waals surface area contributed by atoms with Gasteiger partial charge in [-0.2, -0.15) is 0 Å². The Labute approximate surface area is 133 Å². The molecular weight excluding hydrogens is 391 g/mol. The maximum absolute atomic E-state index is 11.6. The first-order valence-corrected chi connectivity index (χ1v) is 7.79. The first-order chi connectivity index (χ1) is 9.65. The Balaban J connectivity index is 1.84. The zero-order valence-electron chi connectivity index (χ0n) is 10.2. The molecule has 0 bridgehead atoms. The van der Waals surface area contributed by atoms with Crippen LogP contribution in [0.1, 0.15) is 5.56 Å². The quantitative estimate of drug-likeness (QED) is 0.769. The fraction of sp³-hybridized carbons (Fsp3) is 0.231. The number of hydrogen-bond acceptors (Lipinski definition) is 5. The van der Waals surface area contributed by atoms with Gasteiger partial charge in [0.25, 0.3) is 0 Å². The Morgan fingerprint density at radius 1 is 1.45 bits per heavy atom. The number of carbonyl (C=O) groups is 1. The van der Waals surface area contributed by atoms with Crippen LogP contribution in [0.15, 0.2) is 30.5 Å². The summed E-state index contributed by atoms with van der Waals surface area (Å²) in [5.41, 5.74) is 1.03. The molecule has 1 amide bonds. The molecule has 0 radical (unpaired) electrons. The molecule has 1 aromatic carbocycles. The summed E-state index contributed by atoms with van der Waals surface area (Å²) in [7, 11) is 0. The number of carbonyl (C=O) groups excluding carboxylic acids is 1. The third kappa shape index (κ3) is 2.84. The van der Waals surface area contributed by atoms with Crippen molar-refractivity contribution in [2.45, 2.75) is 17.2 Å². The Bertz CT molecular complexity index is 667. The van der Waals surface area contributed by atoms with E-state index in [4.69, 9.17) is 3.07 Å². The Morgan fingerprint density at radius 2 is 2.30 bits per heavy atom. The van der Waals surface area contributed by atoms with E-state index >= 15 is 0 Å². The van der Waals surface area contributed by atoms with Crippen molar-refractivity contribution < 1.29 is 13.0 Å². The molecule has 1 fully saturated rings. The van der Waals surface area contributed by atoms with Crippen molar-refractivity contribution in [1.29, 1.82) is 0 Å². The molecule has 5 nitrogen and oxygen atoms in total. The van der Waals surface area contributed by atoms with Gasteiger partial charge in [-0.1, -0.05) is 11.8 Å². The van der Waals surface area contributed by atoms with E-state index < -0.39 is 5.56 Å². The number of aliphatic hydroxyl groups excluding tert-OH is 1. The van der Waals surface area contributed by atoms with Gasteiger partial charge in [0, 0.05) is 17.6 Å². The maximum Gasteiger partial charge on any atom is 0.236 e. The van der Waals surface area contributed by atoms with Gasteiger partial charge in [-0.3, -0.25) is 9.78 Å². The van der Waals surface area contributed by atoms with Crippen LogP contribution in [0.2, 0.25) is 0 Å². The van der Waals surface area contributed by atoms with Crippen molar-refractivity contribution in [2.24, 2.45) is 0 Å². The molecule has 3 rings (SSSR count). The van der Waals surface area contributed by atoms with Crippen LogP contribution in [0.4, 0.5) is 0 Å². The lowest BCUT2D eigenvalue weighted by molar-refractivity contribution is -0.121. The number of aromatic nitrogens is 1.